The van der Waals surface area contributed by atoms with Crippen LogP contribution in [-0.4, -0.2) is 21.3 Å². The lowest BCUT2D eigenvalue weighted by Crippen LogP contribution is -2.18. The van der Waals surface area contributed by atoms with Crippen LogP contribution < -0.4 is 19.9 Å². The smallest absolute Gasteiger partial charge is 0.127 e. The normalized spacial score (nSPS) is 11.9. The van der Waals surface area contributed by atoms with Crippen LogP contribution in [0.15, 0.2) is 42.5 Å². The van der Waals surface area contributed by atoms with E-state index in [1.807, 2.05) is 37.4 Å². The maximum absolute atomic E-state index is 11.2. The molecule has 2 aromatic carbocycles. The Balaban J connectivity index is 2.43. The molecular weight excluding hydrogens is 254 g/mol. The molecule has 1 unspecified atom stereocenters. The first-order valence-electron chi connectivity index (χ1n) is 6.35. The molecule has 0 bridgehead atoms. The van der Waals surface area contributed by atoms with E-state index in [4.69, 9.17) is 9.47 Å². The van der Waals surface area contributed by atoms with Gasteiger partial charge in [0.05, 0.1) is 20.3 Å². The number of methoxy groups -OCH3 is 2. The van der Waals surface area contributed by atoms with Crippen molar-refractivity contribution in [3.63, 3.8) is 0 Å². The highest BCUT2D eigenvalue weighted by Gasteiger charge is 2.16. The molecule has 20 heavy (non-hydrogen) atoms. The molecule has 0 amide bonds. The van der Waals surface area contributed by atoms with Gasteiger partial charge in [-0.3, -0.25) is 0 Å². The third-order valence-electron chi connectivity index (χ3n) is 3.25. The van der Waals surface area contributed by atoms with Crippen LogP contribution in [0.5, 0.6) is 17.2 Å². The highest BCUT2D eigenvalue weighted by molar-refractivity contribution is 5.46. The SMILES string of the molecule is CNC(c1ccc([O-])cc1)c1ccc(OC)cc1OC. The summed E-state index contributed by atoms with van der Waals surface area (Å²) in [5, 5.41) is 14.5. The fraction of sp³-hybridized carbons (Fsp3) is 0.250. The molecule has 1 N–H and O–H groups in total. The number of hydrogen-bond donors (Lipinski definition) is 1. The van der Waals surface area contributed by atoms with Gasteiger partial charge in [0.15, 0.2) is 0 Å². The lowest BCUT2D eigenvalue weighted by molar-refractivity contribution is -0.268. The Morgan fingerprint density at radius 1 is 1.00 bits per heavy atom. The Morgan fingerprint density at radius 2 is 1.70 bits per heavy atom. The number of nitrogens with one attached hydrogen (secondary N) is 1. The number of benzene rings is 2. The van der Waals surface area contributed by atoms with Crippen molar-refractivity contribution in [1.82, 2.24) is 5.32 Å². The van der Waals surface area contributed by atoms with E-state index < -0.39 is 0 Å². The summed E-state index contributed by atoms with van der Waals surface area (Å²) >= 11 is 0. The van der Waals surface area contributed by atoms with Gasteiger partial charge in [-0.15, -0.1) is 5.75 Å². The van der Waals surface area contributed by atoms with E-state index in [9.17, 15) is 5.11 Å². The summed E-state index contributed by atoms with van der Waals surface area (Å²) in [5.74, 6) is 1.50. The van der Waals surface area contributed by atoms with Crippen LogP contribution in [0.2, 0.25) is 0 Å². The van der Waals surface area contributed by atoms with Crippen molar-refractivity contribution in [3.05, 3.63) is 53.6 Å². The molecule has 0 saturated heterocycles. The molecule has 0 saturated carbocycles. The quantitative estimate of drug-likeness (QED) is 0.905. The van der Waals surface area contributed by atoms with Crippen LogP contribution in [-0.2, 0) is 0 Å². The zero-order valence-electron chi connectivity index (χ0n) is 11.8. The van der Waals surface area contributed by atoms with E-state index in [1.54, 1.807) is 26.4 Å². The second-order valence-corrected chi connectivity index (χ2v) is 4.40. The number of hydrogen-bond acceptors (Lipinski definition) is 4. The average molecular weight is 272 g/mol. The van der Waals surface area contributed by atoms with E-state index in [1.165, 1.54) is 0 Å². The van der Waals surface area contributed by atoms with Gasteiger partial charge in [-0.05, 0) is 24.7 Å². The lowest BCUT2D eigenvalue weighted by Gasteiger charge is -2.21. The van der Waals surface area contributed by atoms with Crippen molar-refractivity contribution in [2.24, 2.45) is 0 Å². The Bertz CT molecular complexity index is 566. The van der Waals surface area contributed by atoms with Gasteiger partial charge in [0, 0.05) is 11.6 Å². The monoisotopic (exact) mass is 272 g/mol. The minimum atomic E-state index is -0.0449. The molecule has 4 heteroatoms. The Hall–Kier alpha value is -2.20. The van der Waals surface area contributed by atoms with E-state index in [-0.39, 0.29) is 11.8 Å². The molecule has 0 aliphatic carbocycles. The highest BCUT2D eigenvalue weighted by Crippen LogP contribution is 2.33. The zero-order valence-corrected chi connectivity index (χ0v) is 11.8. The molecule has 0 fully saturated rings. The number of rotatable bonds is 5. The molecule has 0 aliphatic rings. The van der Waals surface area contributed by atoms with Gasteiger partial charge in [-0.25, -0.2) is 0 Å². The second kappa shape index (κ2) is 6.30. The third kappa shape index (κ3) is 2.86. The third-order valence-corrected chi connectivity index (χ3v) is 3.25. The van der Waals surface area contributed by atoms with E-state index in [0.29, 0.717) is 0 Å². The summed E-state index contributed by atoms with van der Waals surface area (Å²) in [6.07, 6.45) is 0. The van der Waals surface area contributed by atoms with Crippen LogP contribution >= 0.6 is 0 Å². The van der Waals surface area contributed by atoms with Crippen LogP contribution in [0.3, 0.4) is 0 Å². The molecule has 0 spiro atoms. The predicted octanol–water partition coefficient (Wildman–Crippen LogP) is 2.09. The Labute approximate surface area is 119 Å². The van der Waals surface area contributed by atoms with E-state index >= 15 is 0 Å². The summed E-state index contributed by atoms with van der Waals surface area (Å²) in [4.78, 5) is 0. The first-order valence-corrected chi connectivity index (χ1v) is 6.35. The maximum Gasteiger partial charge on any atom is 0.127 e. The van der Waals surface area contributed by atoms with E-state index in [0.717, 1.165) is 22.6 Å². The van der Waals surface area contributed by atoms with Crippen molar-refractivity contribution < 1.29 is 14.6 Å². The van der Waals surface area contributed by atoms with Gasteiger partial charge in [0.25, 0.3) is 0 Å². The van der Waals surface area contributed by atoms with Gasteiger partial charge in [0.2, 0.25) is 0 Å². The summed E-state index contributed by atoms with van der Waals surface area (Å²) in [6, 6.07) is 12.4. The van der Waals surface area contributed by atoms with Gasteiger partial charge in [-0.1, -0.05) is 24.3 Å². The Morgan fingerprint density at radius 3 is 2.25 bits per heavy atom. The van der Waals surface area contributed by atoms with Crippen molar-refractivity contribution in [3.8, 4) is 17.2 Å². The largest absolute Gasteiger partial charge is 0.872 e. The van der Waals surface area contributed by atoms with Crippen molar-refractivity contribution in [2.75, 3.05) is 21.3 Å². The van der Waals surface area contributed by atoms with Crippen LogP contribution in [0.25, 0.3) is 0 Å². The van der Waals surface area contributed by atoms with E-state index in [2.05, 4.69) is 5.32 Å². The topological polar surface area (TPSA) is 53.5 Å². The fourth-order valence-corrected chi connectivity index (χ4v) is 2.22. The first-order chi connectivity index (χ1) is 9.69. The molecule has 2 aromatic rings. The predicted molar refractivity (Wildman–Crippen MR) is 76.3 cm³/mol. The summed E-state index contributed by atoms with van der Waals surface area (Å²) in [6.45, 7) is 0. The molecule has 0 heterocycles. The average Bonchev–Trinajstić information content (AvgIpc) is 2.50. The molecule has 0 aliphatic heterocycles. The van der Waals surface area contributed by atoms with Crippen molar-refractivity contribution in [1.29, 1.82) is 0 Å². The van der Waals surface area contributed by atoms with Crippen LogP contribution in [0.4, 0.5) is 0 Å². The molecule has 0 radical (unpaired) electrons. The van der Waals surface area contributed by atoms with Crippen molar-refractivity contribution in [2.45, 2.75) is 6.04 Å². The van der Waals surface area contributed by atoms with Crippen molar-refractivity contribution >= 4 is 0 Å². The highest BCUT2D eigenvalue weighted by atomic mass is 16.5. The molecule has 2 rings (SSSR count). The lowest BCUT2D eigenvalue weighted by atomic mass is 9.97. The molecular formula is C16H18NO3-. The minimum absolute atomic E-state index is 0.00491. The van der Waals surface area contributed by atoms with Gasteiger partial charge in [0.1, 0.15) is 11.5 Å². The second-order valence-electron chi connectivity index (χ2n) is 4.40. The molecule has 106 valence electrons. The van der Waals surface area contributed by atoms with Crippen LogP contribution in [0.1, 0.15) is 17.2 Å². The fourth-order valence-electron chi connectivity index (χ4n) is 2.22. The van der Waals surface area contributed by atoms with Crippen LogP contribution in [0, 0.1) is 0 Å². The zero-order chi connectivity index (χ0) is 14.5. The first kappa shape index (κ1) is 14.2. The molecule has 4 nitrogen and oxygen atoms in total. The molecule has 1 atom stereocenters. The van der Waals surface area contributed by atoms with Gasteiger partial charge >= 0.3 is 0 Å². The summed E-state index contributed by atoms with van der Waals surface area (Å²) in [7, 11) is 5.13. The summed E-state index contributed by atoms with van der Waals surface area (Å²) in [5.41, 5.74) is 2.00. The standard InChI is InChI=1S/C16H19NO3/c1-17-16(11-4-6-12(18)7-5-11)14-9-8-13(19-2)10-15(14)20-3/h4-10,16-18H,1-3H3/p-1. The van der Waals surface area contributed by atoms with Gasteiger partial charge < -0.3 is 19.9 Å². The molecule has 0 aromatic heterocycles. The minimum Gasteiger partial charge on any atom is -0.872 e. The Kier molecular flexibility index (Phi) is 4.48. The summed E-state index contributed by atoms with van der Waals surface area (Å²) < 4.78 is 10.6. The number of ether oxygens (including phenoxy) is 2. The maximum atomic E-state index is 11.2. The van der Waals surface area contributed by atoms with Gasteiger partial charge in [-0.2, -0.15) is 0 Å².